The molecule has 0 bridgehead atoms. The van der Waals surface area contributed by atoms with Crippen molar-refractivity contribution in [1.82, 2.24) is 14.8 Å². The summed E-state index contributed by atoms with van der Waals surface area (Å²) in [5.74, 6) is 1.06. The molecule has 0 aliphatic heterocycles. The van der Waals surface area contributed by atoms with Gasteiger partial charge in [0.1, 0.15) is 5.60 Å². The van der Waals surface area contributed by atoms with E-state index in [1.807, 2.05) is 12.1 Å². The Morgan fingerprint density at radius 2 is 2.10 bits per heavy atom. The highest BCUT2D eigenvalue weighted by atomic mass is 79.9. The second-order valence-electron chi connectivity index (χ2n) is 5.11. The molecule has 106 valence electrons. The van der Waals surface area contributed by atoms with Gasteiger partial charge in [0, 0.05) is 22.9 Å². The van der Waals surface area contributed by atoms with Crippen molar-refractivity contribution in [1.29, 1.82) is 0 Å². The second-order valence-corrected chi connectivity index (χ2v) is 6.02. The molecule has 0 saturated heterocycles. The first-order chi connectivity index (χ1) is 9.33. The van der Waals surface area contributed by atoms with Crippen LogP contribution in [0.25, 0.3) is 5.82 Å². The van der Waals surface area contributed by atoms with Crippen LogP contribution in [0.5, 0.6) is 0 Å². The molecule has 0 spiro atoms. The van der Waals surface area contributed by atoms with Crippen molar-refractivity contribution in [3.05, 3.63) is 35.1 Å². The first-order valence-corrected chi connectivity index (χ1v) is 6.80. The van der Waals surface area contributed by atoms with Gasteiger partial charge < -0.3 is 4.74 Å². The molecule has 0 aliphatic rings. The standard InChI is InChI=1S/C13H15BrN4O2/c1-13(2,3)20-12(19)16-10-6-7-18(17-10)11-5-4-9(14)8-15-11/h4-8H,1-3H3,(H,16,17,19). The molecule has 7 heteroatoms. The maximum absolute atomic E-state index is 11.6. The first kappa shape index (κ1) is 14.5. The predicted molar refractivity (Wildman–Crippen MR) is 78.9 cm³/mol. The Labute approximate surface area is 125 Å². The molecule has 0 aromatic carbocycles. The van der Waals surface area contributed by atoms with Crippen LogP contribution in [0.1, 0.15) is 20.8 Å². The van der Waals surface area contributed by atoms with E-state index in [-0.39, 0.29) is 0 Å². The van der Waals surface area contributed by atoms with Gasteiger partial charge in [0.15, 0.2) is 11.6 Å². The zero-order valence-corrected chi connectivity index (χ0v) is 13.0. The average molecular weight is 339 g/mol. The van der Waals surface area contributed by atoms with Crippen LogP contribution in [-0.2, 0) is 4.74 Å². The minimum Gasteiger partial charge on any atom is -0.444 e. The fourth-order valence-corrected chi connectivity index (χ4v) is 1.66. The van der Waals surface area contributed by atoms with E-state index in [0.717, 1.165) is 4.47 Å². The van der Waals surface area contributed by atoms with Gasteiger partial charge in [0.05, 0.1) is 0 Å². The molecule has 2 aromatic heterocycles. The summed E-state index contributed by atoms with van der Waals surface area (Å²) in [5, 5.41) is 6.78. The molecule has 0 unspecified atom stereocenters. The van der Waals surface area contributed by atoms with Crippen molar-refractivity contribution in [2.45, 2.75) is 26.4 Å². The van der Waals surface area contributed by atoms with Crippen LogP contribution < -0.4 is 5.32 Å². The van der Waals surface area contributed by atoms with E-state index >= 15 is 0 Å². The molecule has 0 atom stereocenters. The lowest BCUT2D eigenvalue weighted by molar-refractivity contribution is 0.0635. The Hall–Kier alpha value is -1.89. The number of ether oxygens (including phenoxy) is 1. The normalized spacial score (nSPS) is 11.2. The minimum absolute atomic E-state index is 0.406. The van der Waals surface area contributed by atoms with Gasteiger partial charge >= 0.3 is 6.09 Å². The topological polar surface area (TPSA) is 69.0 Å². The van der Waals surface area contributed by atoms with Crippen molar-refractivity contribution in [2.75, 3.05) is 5.32 Å². The highest BCUT2D eigenvalue weighted by Gasteiger charge is 2.17. The summed E-state index contributed by atoms with van der Waals surface area (Å²) in [5.41, 5.74) is -0.542. The van der Waals surface area contributed by atoms with Gasteiger partial charge in [-0.05, 0) is 48.8 Å². The number of hydrogen-bond acceptors (Lipinski definition) is 4. The zero-order valence-electron chi connectivity index (χ0n) is 11.4. The highest BCUT2D eigenvalue weighted by molar-refractivity contribution is 9.10. The number of amides is 1. The van der Waals surface area contributed by atoms with Crippen molar-refractivity contribution in [3.8, 4) is 5.82 Å². The lowest BCUT2D eigenvalue weighted by atomic mass is 10.2. The van der Waals surface area contributed by atoms with Crippen molar-refractivity contribution < 1.29 is 9.53 Å². The molecule has 0 fully saturated rings. The van der Waals surface area contributed by atoms with Crippen molar-refractivity contribution in [2.24, 2.45) is 0 Å². The summed E-state index contributed by atoms with van der Waals surface area (Å²) in [4.78, 5) is 15.8. The lowest BCUT2D eigenvalue weighted by Crippen LogP contribution is -2.27. The number of halogens is 1. The summed E-state index contributed by atoms with van der Waals surface area (Å²) < 4.78 is 7.61. The van der Waals surface area contributed by atoms with Crippen molar-refractivity contribution in [3.63, 3.8) is 0 Å². The number of carbonyl (C=O) groups is 1. The Kier molecular flexibility index (Phi) is 4.08. The van der Waals surface area contributed by atoms with E-state index < -0.39 is 11.7 Å². The molecule has 0 aliphatic carbocycles. The number of nitrogens with zero attached hydrogens (tertiary/aromatic N) is 3. The van der Waals surface area contributed by atoms with Gasteiger partial charge in [0.2, 0.25) is 0 Å². The van der Waals surface area contributed by atoms with Crippen LogP contribution in [0.2, 0.25) is 0 Å². The van der Waals surface area contributed by atoms with Crippen LogP contribution in [-0.4, -0.2) is 26.5 Å². The van der Waals surface area contributed by atoms with Crippen LogP contribution in [0.3, 0.4) is 0 Å². The van der Waals surface area contributed by atoms with E-state index in [2.05, 4.69) is 31.3 Å². The highest BCUT2D eigenvalue weighted by Crippen LogP contribution is 2.13. The van der Waals surface area contributed by atoms with E-state index in [0.29, 0.717) is 11.6 Å². The zero-order chi connectivity index (χ0) is 14.8. The van der Waals surface area contributed by atoms with E-state index in [9.17, 15) is 4.79 Å². The maximum Gasteiger partial charge on any atom is 0.413 e. The number of anilines is 1. The number of nitrogens with one attached hydrogen (secondary N) is 1. The number of hydrogen-bond donors (Lipinski definition) is 1. The van der Waals surface area contributed by atoms with Crippen LogP contribution in [0, 0.1) is 0 Å². The van der Waals surface area contributed by atoms with E-state index in [1.54, 1.807) is 43.9 Å². The summed E-state index contributed by atoms with van der Waals surface area (Å²) in [6.45, 7) is 5.41. The SMILES string of the molecule is CC(C)(C)OC(=O)Nc1ccn(-c2ccc(Br)cn2)n1. The molecule has 2 rings (SSSR count). The quantitative estimate of drug-likeness (QED) is 0.911. The molecule has 6 nitrogen and oxygen atoms in total. The molecule has 0 radical (unpaired) electrons. The van der Waals surface area contributed by atoms with E-state index in [4.69, 9.17) is 4.74 Å². The average Bonchev–Trinajstić information content (AvgIpc) is 2.75. The minimum atomic E-state index is -0.542. The largest absolute Gasteiger partial charge is 0.444 e. The summed E-state index contributed by atoms with van der Waals surface area (Å²) in [6.07, 6.45) is 2.85. The fourth-order valence-electron chi connectivity index (χ4n) is 1.43. The summed E-state index contributed by atoms with van der Waals surface area (Å²) >= 11 is 3.32. The van der Waals surface area contributed by atoms with Gasteiger partial charge in [-0.25, -0.2) is 14.5 Å². The Balaban J connectivity index is 2.06. The molecule has 1 N–H and O–H groups in total. The predicted octanol–water partition coefficient (Wildman–Crippen LogP) is 3.38. The summed E-state index contributed by atoms with van der Waals surface area (Å²) in [6, 6.07) is 5.35. The smallest absolute Gasteiger partial charge is 0.413 e. The third-order valence-electron chi connectivity index (χ3n) is 2.16. The first-order valence-electron chi connectivity index (χ1n) is 6.01. The second kappa shape index (κ2) is 5.62. The van der Waals surface area contributed by atoms with Crippen LogP contribution in [0.15, 0.2) is 35.1 Å². The monoisotopic (exact) mass is 338 g/mol. The van der Waals surface area contributed by atoms with Crippen LogP contribution in [0.4, 0.5) is 10.6 Å². The fraction of sp³-hybridized carbons (Fsp3) is 0.308. The maximum atomic E-state index is 11.6. The third kappa shape index (κ3) is 4.06. The number of pyridine rings is 1. The lowest BCUT2D eigenvalue weighted by Gasteiger charge is -2.19. The number of carbonyl (C=O) groups excluding carboxylic acids is 1. The molecule has 2 heterocycles. The van der Waals surface area contributed by atoms with Crippen LogP contribution >= 0.6 is 15.9 Å². The molecule has 0 saturated carbocycles. The third-order valence-corrected chi connectivity index (χ3v) is 2.63. The molecule has 1 amide bonds. The van der Waals surface area contributed by atoms with Gasteiger partial charge in [-0.3, -0.25) is 5.32 Å². The molecular weight excluding hydrogens is 324 g/mol. The Morgan fingerprint density at radius 1 is 1.35 bits per heavy atom. The van der Waals surface area contributed by atoms with Crippen molar-refractivity contribution >= 4 is 27.8 Å². The van der Waals surface area contributed by atoms with Gasteiger partial charge in [0.25, 0.3) is 0 Å². The van der Waals surface area contributed by atoms with Gasteiger partial charge in [-0.15, -0.1) is 5.10 Å². The Morgan fingerprint density at radius 3 is 2.70 bits per heavy atom. The molecule has 2 aromatic rings. The van der Waals surface area contributed by atoms with Gasteiger partial charge in [-0.1, -0.05) is 0 Å². The molecular formula is C13H15BrN4O2. The number of aromatic nitrogens is 3. The molecule has 20 heavy (non-hydrogen) atoms. The summed E-state index contributed by atoms with van der Waals surface area (Å²) in [7, 11) is 0. The van der Waals surface area contributed by atoms with Gasteiger partial charge in [-0.2, -0.15) is 0 Å². The Bertz CT molecular complexity index is 602. The number of rotatable bonds is 2. The van der Waals surface area contributed by atoms with E-state index in [1.165, 1.54) is 0 Å².